The van der Waals surface area contributed by atoms with Gasteiger partial charge < -0.3 is 14.1 Å². The molecular weight excluding hydrogens is 370 g/mol. The van der Waals surface area contributed by atoms with E-state index in [1.54, 1.807) is 31.1 Å². The average molecular weight is 395 g/mol. The Kier molecular flexibility index (Phi) is 6.16. The molecule has 1 aromatic carbocycles. The number of aromatic nitrogens is 2. The molecule has 7 heteroatoms. The summed E-state index contributed by atoms with van der Waals surface area (Å²) in [5.41, 5.74) is 2.95. The van der Waals surface area contributed by atoms with Crippen LogP contribution in [0, 0.1) is 6.92 Å². The highest BCUT2D eigenvalue weighted by molar-refractivity contribution is 5.95. The van der Waals surface area contributed by atoms with Gasteiger partial charge in [0.25, 0.3) is 5.91 Å². The first-order valence-electron chi connectivity index (χ1n) is 9.46. The molecule has 0 bridgehead atoms. The number of furan rings is 1. The van der Waals surface area contributed by atoms with Gasteiger partial charge in [-0.05, 0) is 25.0 Å². The molecule has 0 aliphatic carbocycles. The number of methoxy groups -OCH3 is 1. The summed E-state index contributed by atoms with van der Waals surface area (Å²) in [6.07, 6.45) is 2.31. The molecule has 0 atom stereocenters. The predicted octanol–water partition coefficient (Wildman–Crippen LogP) is 3.45. The Morgan fingerprint density at radius 1 is 1.21 bits per heavy atom. The van der Waals surface area contributed by atoms with Crippen LogP contribution < -0.4 is 0 Å². The van der Waals surface area contributed by atoms with Gasteiger partial charge in [-0.15, -0.1) is 0 Å². The molecule has 0 N–H and O–H groups in total. The van der Waals surface area contributed by atoms with Crippen molar-refractivity contribution in [2.45, 2.75) is 33.4 Å². The molecule has 2 aromatic heterocycles. The van der Waals surface area contributed by atoms with Crippen molar-refractivity contribution in [3.05, 3.63) is 76.5 Å². The minimum atomic E-state index is -0.457. The highest BCUT2D eigenvalue weighted by Gasteiger charge is 2.22. The van der Waals surface area contributed by atoms with Gasteiger partial charge in [0.15, 0.2) is 0 Å². The quantitative estimate of drug-likeness (QED) is 0.573. The van der Waals surface area contributed by atoms with Crippen molar-refractivity contribution in [1.82, 2.24) is 14.7 Å². The van der Waals surface area contributed by atoms with Gasteiger partial charge in [-0.3, -0.25) is 9.48 Å². The van der Waals surface area contributed by atoms with Gasteiger partial charge in [0, 0.05) is 7.05 Å². The molecule has 2 heterocycles. The normalized spacial score (nSPS) is 10.8. The second kappa shape index (κ2) is 8.77. The molecule has 0 radical (unpaired) electrons. The second-order valence-corrected chi connectivity index (χ2v) is 6.84. The van der Waals surface area contributed by atoms with Crippen molar-refractivity contribution in [3.63, 3.8) is 0 Å². The fourth-order valence-corrected chi connectivity index (χ4v) is 3.30. The Balaban J connectivity index is 1.77. The Labute approximate surface area is 169 Å². The van der Waals surface area contributed by atoms with E-state index >= 15 is 0 Å². The number of nitrogens with zero attached hydrogens (tertiary/aromatic N) is 3. The summed E-state index contributed by atoms with van der Waals surface area (Å²) < 4.78 is 12.2. The van der Waals surface area contributed by atoms with E-state index in [1.807, 2.05) is 41.9 Å². The molecule has 7 nitrogen and oxygen atoms in total. The highest BCUT2D eigenvalue weighted by Crippen LogP contribution is 2.19. The average Bonchev–Trinajstić information content (AvgIpc) is 3.30. The number of rotatable bonds is 7. The number of ether oxygens (including phenoxy) is 1. The van der Waals surface area contributed by atoms with Crippen LogP contribution in [-0.2, 0) is 24.2 Å². The zero-order chi connectivity index (χ0) is 21.0. The second-order valence-electron chi connectivity index (χ2n) is 6.84. The Hall–Kier alpha value is -3.35. The van der Waals surface area contributed by atoms with Crippen molar-refractivity contribution in [1.29, 1.82) is 0 Å². The zero-order valence-electron chi connectivity index (χ0n) is 17.1. The van der Waals surface area contributed by atoms with Crippen LogP contribution in [-0.4, -0.2) is 40.7 Å². The van der Waals surface area contributed by atoms with E-state index in [-0.39, 0.29) is 12.5 Å². The number of carbonyl (C=O) groups excluding carboxylic acids is 2. The molecule has 0 fully saturated rings. The molecule has 0 saturated heterocycles. The lowest BCUT2D eigenvalue weighted by atomic mass is 10.1. The monoisotopic (exact) mass is 395 g/mol. The van der Waals surface area contributed by atoms with E-state index in [1.165, 1.54) is 7.11 Å². The molecule has 0 unspecified atom stereocenters. The van der Waals surface area contributed by atoms with Gasteiger partial charge in [-0.2, -0.15) is 5.10 Å². The molecule has 152 valence electrons. The lowest BCUT2D eigenvalue weighted by Crippen LogP contribution is -2.27. The van der Waals surface area contributed by atoms with Crippen LogP contribution in [0.3, 0.4) is 0 Å². The zero-order valence-corrected chi connectivity index (χ0v) is 17.1. The van der Waals surface area contributed by atoms with E-state index in [4.69, 9.17) is 9.15 Å². The van der Waals surface area contributed by atoms with E-state index in [0.717, 1.165) is 11.3 Å². The summed E-state index contributed by atoms with van der Waals surface area (Å²) >= 11 is 0. The Bertz CT molecular complexity index is 1000. The molecule has 0 aliphatic rings. The molecular formula is C22H25N3O4. The van der Waals surface area contributed by atoms with Crippen LogP contribution in [0.5, 0.6) is 0 Å². The van der Waals surface area contributed by atoms with E-state index in [0.29, 0.717) is 35.6 Å². The first-order chi connectivity index (χ1) is 13.9. The summed E-state index contributed by atoms with van der Waals surface area (Å²) in [6.45, 7) is 4.55. The number of carbonyl (C=O) groups is 2. The third kappa shape index (κ3) is 4.39. The third-order valence-electron chi connectivity index (χ3n) is 4.80. The number of esters is 1. The van der Waals surface area contributed by atoms with Gasteiger partial charge in [-0.1, -0.05) is 37.3 Å². The summed E-state index contributed by atoms with van der Waals surface area (Å²) in [7, 11) is 3.02. The lowest BCUT2D eigenvalue weighted by Gasteiger charge is -2.16. The van der Waals surface area contributed by atoms with Crippen molar-refractivity contribution in [2.75, 3.05) is 14.2 Å². The van der Waals surface area contributed by atoms with Gasteiger partial charge in [-0.25, -0.2) is 4.79 Å². The molecule has 1 amide bonds. The fraction of sp³-hybridized carbons (Fsp3) is 0.318. The molecule has 0 spiro atoms. The summed E-state index contributed by atoms with van der Waals surface area (Å²) in [6, 6.07) is 11.6. The number of aryl methyl sites for hydroxylation is 1. The number of benzene rings is 1. The molecule has 3 aromatic rings. The molecule has 3 rings (SSSR count). The van der Waals surface area contributed by atoms with Crippen molar-refractivity contribution < 1.29 is 18.7 Å². The van der Waals surface area contributed by atoms with Crippen LogP contribution in [0.2, 0.25) is 0 Å². The smallest absolute Gasteiger partial charge is 0.341 e. The van der Waals surface area contributed by atoms with Crippen molar-refractivity contribution in [3.8, 4) is 0 Å². The summed E-state index contributed by atoms with van der Waals surface area (Å²) in [5.74, 6) is 0.392. The van der Waals surface area contributed by atoms with Crippen LogP contribution in [0.1, 0.15) is 50.4 Å². The van der Waals surface area contributed by atoms with E-state index in [2.05, 4.69) is 5.10 Å². The Morgan fingerprint density at radius 2 is 1.93 bits per heavy atom. The maximum atomic E-state index is 13.0. The topological polar surface area (TPSA) is 77.6 Å². The maximum absolute atomic E-state index is 13.0. The first kappa shape index (κ1) is 20.4. The standard InChI is InChI=1S/C22H25N3O4/c1-5-20-19(12-23-25(20)13-16-9-7-6-8-10-16)21(26)24(3)14-17-11-18(15(2)29-17)22(27)28-4/h6-12H,5,13-14H2,1-4H3. The van der Waals surface area contributed by atoms with Crippen LogP contribution >= 0.6 is 0 Å². The minimum Gasteiger partial charge on any atom is -0.465 e. The molecule has 29 heavy (non-hydrogen) atoms. The maximum Gasteiger partial charge on any atom is 0.341 e. The number of hydrogen-bond donors (Lipinski definition) is 0. The third-order valence-corrected chi connectivity index (χ3v) is 4.80. The van der Waals surface area contributed by atoms with Crippen LogP contribution in [0.4, 0.5) is 0 Å². The number of amides is 1. The van der Waals surface area contributed by atoms with Gasteiger partial charge in [0.05, 0.1) is 37.7 Å². The van der Waals surface area contributed by atoms with Crippen LogP contribution in [0.25, 0.3) is 0 Å². The minimum absolute atomic E-state index is 0.144. The summed E-state index contributed by atoms with van der Waals surface area (Å²) in [4.78, 5) is 26.3. The summed E-state index contributed by atoms with van der Waals surface area (Å²) in [5, 5.41) is 4.43. The largest absolute Gasteiger partial charge is 0.465 e. The molecule has 0 aliphatic heterocycles. The lowest BCUT2D eigenvalue weighted by molar-refractivity contribution is 0.0598. The predicted molar refractivity (Wildman–Crippen MR) is 108 cm³/mol. The number of hydrogen-bond acceptors (Lipinski definition) is 5. The van der Waals surface area contributed by atoms with E-state index < -0.39 is 5.97 Å². The highest BCUT2D eigenvalue weighted by atomic mass is 16.5. The SMILES string of the molecule is CCc1c(C(=O)N(C)Cc2cc(C(=O)OC)c(C)o2)cnn1Cc1ccccc1. The van der Waals surface area contributed by atoms with Gasteiger partial charge in [0.1, 0.15) is 17.1 Å². The first-order valence-corrected chi connectivity index (χ1v) is 9.46. The van der Waals surface area contributed by atoms with Crippen molar-refractivity contribution in [2.24, 2.45) is 0 Å². The fourth-order valence-electron chi connectivity index (χ4n) is 3.30. The Morgan fingerprint density at radius 3 is 2.59 bits per heavy atom. The van der Waals surface area contributed by atoms with Gasteiger partial charge >= 0.3 is 5.97 Å². The van der Waals surface area contributed by atoms with Gasteiger partial charge in [0.2, 0.25) is 0 Å². The van der Waals surface area contributed by atoms with E-state index in [9.17, 15) is 9.59 Å². The molecule has 0 saturated carbocycles. The van der Waals surface area contributed by atoms with Crippen LogP contribution in [0.15, 0.2) is 47.0 Å². The van der Waals surface area contributed by atoms with Crippen molar-refractivity contribution >= 4 is 11.9 Å².